The van der Waals surface area contributed by atoms with Gasteiger partial charge in [0.05, 0.1) is 6.04 Å². The largest absolute Gasteiger partial charge is 0.444 e. The summed E-state index contributed by atoms with van der Waals surface area (Å²) in [5, 5.41) is 0. The summed E-state index contributed by atoms with van der Waals surface area (Å²) in [6, 6.07) is 1.97. The van der Waals surface area contributed by atoms with Gasteiger partial charge < -0.3 is 20.4 Å². The summed E-state index contributed by atoms with van der Waals surface area (Å²) in [4.78, 5) is 17.3. The number of likely N-dealkylation sites (tertiary alicyclic amines) is 1. The van der Waals surface area contributed by atoms with E-state index in [1.54, 1.807) is 0 Å². The van der Waals surface area contributed by atoms with Crippen LogP contribution in [0.3, 0.4) is 0 Å². The summed E-state index contributed by atoms with van der Waals surface area (Å²) >= 11 is 0. The van der Waals surface area contributed by atoms with Crippen molar-refractivity contribution in [3.05, 3.63) is 17.8 Å². The van der Waals surface area contributed by atoms with E-state index in [4.69, 9.17) is 10.5 Å². The molecule has 0 aromatic carbocycles. The van der Waals surface area contributed by atoms with Crippen molar-refractivity contribution in [2.75, 3.05) is 12.3 Å². The number of aromatic amines is 1. The number of ether oxygens (including phenoxy) is 1. The number of carbonyl (C=O) groups excluding carboxylic acids is 1. The fourth-order valence-corrected chi connectivity index (χ4v) is 2.62. The van der Waals surface area contributed by atoms with Crippen LogP contribution in [0.4, 0.5) is 10.6 Å². The van der Waals surface area contributed by atoms with Gasteiger partial charge >= 0.3 is 6.09 Å². The standard InChI is InChI=1S/C15H25N3O2/c1-15(2,3)20-14(19)18-8-6-4-5-7-12(18)11-9-13(16)17-10-11/h9-10,12,17H,4-8,16H2,1-3H3/t12-/m0/s1. The molecule has 0 saturated carbocycles. The van der Waals surface area contributed by atoms with E-state index in [1.807, 2.05) is 37.9 Å². The van der Waals surface area contributed by atoms with Gasteiger partial charge in [-0.2, -0.15) is 0 Å². The monoisotopic (exact) mass is 279 g/mol. The fraction of sp³-hybridized carbons (Fsp3) is 0.667. The van der Waals surface area contributed by atoms with Crippen LogP contribution in [0.25, 0.3) is 0 Å². The first-order valence-electron chi connectivity index (χ1n) is 7.30. The van der Waals surface area contributed by atoms with Crippen LogP contribution < -0.4 is 5.73 Å². The maximum Gasteiger partial charge on any atom is 0.410 e. The van der Waals surface area contributed by atoms with E-state index in [-0.39, 0.29) is 12.1 Å². The highest BCUT2D eigenvalue weighted by molar-refractivity contribution is 5.69. The molecule has 1 aromatic rings. The SMILES string of the molecule is CC(C)(C)OC(=O)N1CCCCC[C@H]1c1c[nH]c(N)c1. The molecule has 0 spiro atoms. The van der Waals surface area contributed by atoms with Crippen LogP contribution in [-0.4, -0.2) is 28.1 Å². The third-order valence-electron chi connectivity index (χ3n) is 3.49. The number of rotatable bonds is 1. The number of nitrogen functional groups attached to an aromatic ring is 1. The molecule has 2 rings (SSSR count). The Morgan fingerprint density at radius 1 is 1.40 bits per heavy atom. The molecule has 5 heteroatoms. The Labute approximate surface area is 120 Å². The molecule has 1 saturated heterocycles. The molecule has 2 heterocycles. The summed E-state index contributed by atoms with van der Waals surface area (Å²) in [5.41, 5.74) is 6.36. The van der Waals surface area contributed by atoms with Gasteiger partial charge in [0.25, 0.3) is 0 Å². The van der Waals surface area contributed by atoms with E-state index >= 15 is 0 Å². The van der Waals surface area contributed by atoms with Gasteiger partial charge in [-0.15, -0.1) is 0 Å². The molecule has 1 aliphatic heterocycles. The van der Waals surface area contributed by atoms with Gasteiger partial charge in [-0.1, -0.05) is 12.8 Å². The van der Waals surface area contributed by atoms with E-state index in [1.165, 1.54) is 0 Å². The summed E-state index contributed by atoms with van der Waals surface area (Å²) in [6.07, 6.45) is 5.91. The van der Waals surface area contributed by atoms with Crippen LogP contribution in [0.5, 0.6) is 0 Å². The first-order chi connectivity index (χ1) is 9.37. The minimum atomic E-state index is -0.467. The zero-order valence-corrected chi connectivity index (χ0v) is 12.6. The van der Waals surface area contributed by atoms with E-state index in [9.17, 15) is 4.79 Å². The number of amides is 1. The molecule has 5 nitrogen and oxygen atoms in total. The zero-order valence-electron chi connectivity index (χ0n) is 12.6. The van der Waals surface area contributed by atoms with E-state index in [0.717, 1.165) is 37.8 Å². The maximum atomic E-state index is 12.4. The first kappa shape index (κ1) is 14.8. The number of nitrogens with one attached hydrogen (secondary N) is 1. The van der Waals surface area contributed by atoms with Crippen molar-refractivity contribution in [1.29, 1.82) is 0 Å². The van der Waals surface area contributed by atoms with Crippen molar-refractivity contribution in [2.45, 2.75) is 58.1 Å². The lowest BCUT2D eigenvalue weighted by Crippen LogP contribution is -2.39. The number of H-pyrrole nitrogens is 1. The second-order valence-corrected chi connectivity index (χ2v) is 6.43. The number of carbonyl (C=O) groups is 1. The van der Waals surface area contributed by atoms with Crippen LogP contribution in [0.15, 0.2) is 12.3 Å². The average molecular weight is 279 g/mol. The Kier molecular flexibility index (Phi) is 4.26. The number of hydrogen-bond donors (Lipinski definition) is 2. The van der Waals surface area contributed by atoms with Crippen molar-refractivity contribution < 1.29 is 9.53 Å². The lowest BCUT2D eigenvalue weighted by molar-refractivity contribution is 0.0163. The lowest BCUT2D eigenvalue weighted by Gasteiger charge is -2.32. The summed E-state index contributed by atoms with van der Waals surface area (Å²) in [7, 11) is 0. The van der Waals surface area contributed by atoms with Gasteiger partial charge in [0, 0.05) is 12.7 Å². The zero-order chi connectivity index (χ0) is 14.8. The molecule has 1 aromatic heterocycles. The van der Waals surface area contributed by atoms with Crippen molar-refractivity contribution in [2.24, 2.45) is 0 Å². The number of anilines is 1. The second kappa shape index (κ2) is 5.77. The van der Waals surface area contributed by atoms with Gasteiger partial charge in [-0.25, -0.2) is 4.79 Å². The van der Waals surface area contributed by atoms with E-state index < -0.39 is 5.60 Å². The van der Waals surface area contributed by atoms with Gasteiger partial charge in [-0.3, -0.25) is 0 Å². The normalized spacial score (nSPS) is 20.6. The number of nitrogens with two attached hydrogens (primary N) is 1. The van der Waals surface area contributed by atoms with Crippen molar-refractivity contribution in [3.8, 4) is 0 Å². The Hall–Kier alpha value is -1.65. The third kappa shape index (κ3) is 3.68. The quantitative estimate of drug-likeness (QED) is 0.827. The Morgan fingerprint density at radius 2 is 2.15 bits per heavy atom. The molecule has 1 amide bonds. The highest BCUT2D eigenvalue weighted by Crippen LogP contribution is 2.32. The van der Waals surface area contributed by atoms with Crippen LogP contribution >= 0.6 is 0 Å². The van der Waals surface area contributed by atoms with Gasteiger partial charge in [0.15, 0.2) is 0 Å². The average Bonchev–Trinajstić information content (AvgIpc) is 2.62. The summed E-state index contributed by atoms with van der Waals surface area (Å²) in [6.45, 7) is 6.43. The first-order valence-corrected chi connectivity index (χ1v) is 7.30. The topological polar surface area (TPSA) is 71.3 Å². The minimum Gasteiger partial charge on any atom is -0.444 e. The molecule has 20 heavy (non-hydrogen) atoms. The second-order valence-electron chi connectivity index (χ2n) is 6.43. The molecule has 0 unspecified atom stereocenters. The maximum absolute atomic E-state index is 12.4. The molecule has 1 aliphatic rings. The number of hydrogen-bond acceptors (Lipinski definition) is 3. The predicted molar refractivity (Wildman–Crippen MR) is 79.4 cm³/mol. The van der Waals surface area contributed by atoms with E-state index in [2.05, 4.69) is 4.98 Å². The van der Waals surface area contributed by atoms with Gasteiger partial charge in [-0.05, 0) is 45.2 Å². The van der Waals surface area contributed by atoms with Gasteiger partial charge in [0.2, 0.25) is 0 Å². The molecular formula is C15H25N3O2. The van der Waals surface area contributed by atoms with Gasteiger partial charge in [0.1, 0.15) is 11.4 Å². The van der Waals surface area contributed by atoms with Crippen LogP contribution in [0, 0.1) is 0 Å². The highest BCUT2D eigenvalue weighted by atomic mass is 16.6. The Balaban J connectivity index is 2.19. The molecule has 0 radical (unpaired) electrons. The van der Waals surface area contributed by atoms with Crippen LogP contribution in [0.1, 0.15) is 58.1 Å². The summed E-state index contributed by atoms with van der Waals surface area (Å²) < 4.78 is 5.54. The summed E-state index contributed by atoms with van der Waals surface area (Å²) in [5.74, 6) is 0.633. The Bertz CT molecular complexity index is 462. The number of nitrogens with zero attached hydrogens (tertiary/aromatic N) is 1. The molecule has 1 fully saturated rings. The van der Waals surface area contributed by atoms with Crippen molar-refractivity contribution >= 4 is 11.9 Å². The molecule has 0 aliphatic carbocycles. The Morgan fingerprint density at radius 3 is 2.75 bits per heavy atom. The van der Waals surface area contributed by atoms with Crippen LogP contribution in [-0.2, 0) is 4.74 Å². The van der Waals surface area contributed by atoms with E-state index in [0.29, 0.717) is 5.82 Å². The molecule has 0 bridgehead atoms. The smallest absolute Gasteiger partial charge is 0.410 e. The van der Waals surface area contributed by atoms with Crippen LogP contribution in [0.2, 0.25) is 0 Å². The van der Waals surface area contributed by atoms with Crippen molar-refractivity contribution in [3.63, 3.8) is 0 Å². The number of aromatic nitrogens is 1. The molecular weight excluding hydrogens is 254 g/mol. The molecule has 112 valence electrons. The predicted octanol–water partition coefficient (Wildman–Crippen LogP) is 3.45. The fourth-order valence-electron chi connectivity index (χ4n) is 2.62. The molecule has 3 N–H and O–H groups in total. The highest BCUT2D eigenvalue weighted by Gasteiger charge is 2.30. The third-order valence-corrected chi connectivity index (χ3v) is 3.49. The molecule has 1 atom stereocenters. The lowest BCUT2D eigenvalue weighted by atomic mass is 10.0. The van der Waals surface area contributed by atoms with Crippen molar-refractivity contribution in [1.82, 2.24) is 9.88 Å². The minimum absolute atomic E-state index is 0.0564.